The van der Waals surface area contributed by atoms with E-state index in [1.54, 1.807) is 6.92 Å². The van der Waals surface area contributed by atoms with Crippen LogP contribution in [0.4, 0.5) is 0 Å². The minimum atomic E-state index is -1.43. The fourth-order valence-corrected chi connectivity index (χ4v) is 1.32. The summed E-state index contributed by atoms with van der Waals surface area (Å²) in [5.74, 6) is -3.31. The highest BCUT2D eigenvalue weighted by molar-refractivity contribution is 5.86. The monoisotopic (exact) mass is 262 g/mol. The van der Waals surface area contributed by atoms with Gasteiger partial charge in [0.05, 0.1) is 12.1 Å². The van der Waals surface area contributed by atoms with E-state index in [4.69, 9.17) is 20.5 Å². The van der Waals surface area contributed by atoms with Gasteiger partial charge in [0.25, 0.3) is 5.56 Å². The third-order valence-corrected chi connectivity index (χ3v) is 2.18. The summed E-state index contributed by atoms with van der Waals surface area (Å²) in [7, 11) is 0. The lowest BCUT2D eigenvalue weighted by molar-refractivity contribution is -0.138. The maximum Gasteiger partial charge on any atom is 0.375 e. The molecule has 0 saturated carbocycles. The van der Waals surface area contributed by atoms with Gasteiger partial charge in [-0.2, -0.15) is 4.74 Å². The molecule has 1 aromatic rings. The SMILES string of the molecule is CCn1oc(C(=O)O)c(CC(N)C(=O)O)c1=O.O. The number of hydrogen-bond acceptors (Lipinski definition) is 5. The summed E-state index contributed by atoms with van der Waals surface area (Å²) in [5, 5.41) is 17.4. The third-order valence-electron chi connectivity index (χ3n) is 2.18. The van der Waals surface area contributed by atoms with E-state index in [2.05, 4.69) is 0 Å². The molecule has 18 heavy (non-hydrogen) atoms. The molecule has 1 heterocycles. The second-order valence-corrected chi connectivity index (χ2v) is 3.35. The van der Waals surface area contributed by atoms with Crippen molar-refractivity contribution in [3.63, 3.8) is 0 Å². The van der Waals surface area contributed by atoms with Crippen molar-refractivity contribution in [1.82, 2.24) is 4.74 Å². The number of nitrogens with two attached hydrogens (primary N) is 1. The Morgan fingerprint density at radius 3 is 2.39 bits per heavy atom. The van der Waals surface area contributed by atoms with E-state index in [1.807, 2.05) is 0 Å². The Kier molecular flexibility index (Phi) is 5.27. The van der Waals surface area contributed by atoms with E-state index in [0.29, 0.717) is 0 Å². The first-order valence-electron chi connectivity index (χ1n) is 4.83. The van der Waals surface area contributed by atoms with E-state index in [9.17, 15) is 14.4 Å². The molecule has 0 aliphatic heterocycles. The third kappa shape index (κ3) is 2.96. The number of carboxylic acid groups (broad SMARTS) is 2. The van der Waals surface area contributed by atoms with Gasteiger partial charge >= 0.3 is 11.9 Å². The number of carbonyl (C=O) groups is 2. The van der Waals surface area contributed by atoms with Gasteiger partial charge in [-0.1, -0.05) is 0 Å². The van der Waals surface area contributed by atoms with Crippen LogP contribution < -0.4 is 11.3 Å². The van der Waals surface area contributed by atoms with E-state index < -0.39 is 29.3 Å². The molecule has 1 unspecified atom stereocenters. The molecule has 0 aliphatic carbocycles. The fraction of sp³-hybridized carbons (Fsp3) is 0.444. The van der Waals surface area contributed by atoms with Crippen molar-refractivity contribution < 1.29 is 29.8 Å². The topological polar surface area (TPSA) is 167 Å². The number of hydrogen-bond donors (Lipinski definition) is 3. The highest BCUT2D eigenvalue weighted by Gasteiger charge is 2.25. The minimum Gasteiger partial charge on any atom is -0.480 e. The molecule has 0 aromatic carbocycles. The van der Waals surface area contributed by atoms with Gasteiger partial charge in [-0.05, 0) is 6.92 Å². The molecule has 102 valence electrons. The lowest BCUT2D eigenvalue weighted by atomic mass is 10.1. The van der Waals surface area contributed by atoms with Gasteiger partial charge in [0.15, 0.2) is 0 Å². The molecule has 1 aromatic heterocycles. The summed E-state index contributed by atoms with van der Waals surface area (Å²) in [6.07, 6.45) is -0.383. The quantitative estimate of drug-likeness (QED) is 0.567. The number of rotatable bonds is 5. The van der Waals surface area contributed by atoms with Gasteiger partial charge in [-0.15, -0.1) is 0 Å². The highest BCUT2D eigenvalue weighted by Crippen LogP contribution is 2.08. The molecule has 0 amide bonds. The zero-order valence-corrected chi connectivity index (χ0v) is 9.54. The van der Waals surface area contributed by atoms with Crippen LogP contribution >= 0.6 is 0 Å². The summed E-state index contributed by atoms with van der Waals surface area (Å²) in [6, 6.07) is -1.34. The summed E-state index contributed by atoms with van der Waals surface area (Å²) >= 11 is 0. The van der Waals surface area contributed by atoms with Gasteiger partial charge in [0.1, 0.15) is 6.04 Å². The van der Waals surface area contributed by atoms with E-state index in [0.717, 1.165) is 4.74 Å². The van der Waals surface area contributed by atoms with Crippen molar-refractivity contribution in [2.24, 2.45) is 5.73 Å². The fourth-order valence-electron chi connectivity index (χ4n) is 1.32. The summed E-state index contributed by atoms with van der Waals surface area (Å²) in [4.78, 5) is 33.0. The normalized spacial score (nSPS) is 11.7. The lowest BCUT2D eigenvalue weighted by Gasteiger charge is -2.02. The molecule has 0 bridgehead atoms. The van der Waals surface area contributed by atoms with Crippen LogP contribution in [0.15, 0.2) is 9.32 Å². The molecule has 6 N–H and O–H groups in total. The number of carboxylic acids is 2. The Morgan fingerprint density at radius 1 is 1.44 bits per heavy atom. The molecule has 0 spiro atoms. The van der Waals surface area contributed by atoms with Gasteiger partial charge in [0.2, 0.25) is 5.76 Å². The molecule has 9 nitrogen and oxygen atoms in total. The van der Waals surface area contributed by atoms with Crippen LogP contribution in [0.2, 0.25) is 0 Å². The number of aryl methyl sites for hydroxylation is 1. The van der Waals surface area contributed by atoms with Crippen molar-refractivity contribution in [3.8, 4) is 0 Å². The zero-order valence-electron chi connectivity index (χ0n) is 9.54. The maximum absolute atomic E-state index is 11.6. The predicted molar refractivity (Wildman–Crippen MR) is 58.5 cm³/mol. The standard InChI is InChI=1S/C9H12N2O6.H2O/c1-2-11-7(12)4(3-5(10)8(13)14)6(17-11)9(15)16;/h5H,2-3,10H2,1H3,(H,13,14)(H,15,16);1H2. The largest absolute Gasteiger partial charge is 0.480 e. The smallest absolute Gasteiger partial charge is 0.375 e. The second-order valence-electron chi connectivity index (χ2n) is 3.35. The first-order chi connectivity index (χ1) is 7.88. The van der Waals surface area contributed by atoms with E-state index in [-0.39, 0.29) is 24.0 Å². The first kappa shape index (κ1) is 15.9. The Bertz CT molecular complexity index is 502. The Morgan fingerprint density at radius 2 is 2.00 bits per heavy atom. The number of nitrogens with zero attached hydrogens (tertiary/aromatic N) is 1. The number of aromatic nitrogens is 1. The summed E-state index contributed by atoms with van der Waals surface area (Å²) in [5.41, 5.74) is 4.36. The average molecular weight is 262 g/mol. The number of aromatic carboxylic acids is 1. The second kappa shape index (κ2) is 5.98. The molecule has 0 aliphatic rings. The van der Waals surface area contributed by atoms with Crippen molar-refractivity contribution >= 4 is 11.9 Å². The van der Waals surface area contributed by atoms with Crippen LogP contribution in [0.1, 0.15) is 23.0 Å². The van der Waals surface area contributed by atoms with E-state index >= 15 is 0 Å². The van der Waals surface area contributed by atoms with Crippen LogP contribution in [0.3, 0.4) is 0 Å². The van der Waals surface area contributed by atoms with Crippen LogP contribution in [0, 0.1) is 0 Å². The summed E-state index contributed by atoms with van der Waals surface area (Å²) < 4.78 is 5.63. The maximum atomic E-state index is 11.6. The molecule has 9 heteroatoms. The molecular formula is C9H14N2O7. The van der Waals surface area contributed by atoms with Crippen LogP contribution in [-0.2, 0) is 17.8 Å². The first-order valence-corrected chi connectivity index (χ1v) is 4.83. The Hall–Kier alpha value is -2.13. The molecular weight excluding hydrogens is 248 g/mol. The van der Waals surface area contributed by atoms with E-state index in [1.165, 1.54) is 0 Å². The van der Waals surface area contributed by atoms with Gasteiger partial charge < -0.3 is 25.9 Å². The van der Waals surface area contributed by atoms with Crippen molar-refractivity contribution in [2.45, 2.75) is 25.9 Å². The highest BCUT2D eigenvalue weighted by atomic mass is 16.5. The number of aliphatic carboxylic acids is 1. The van der Waals surface area contributed by atoms with Crippen LogP contribution in [0.5, 0.6) is 0 Å². The molecule has 1 atom stereocenters. The molecule has 0 fully saturated rings. The van der Waals surface area contributed by atoms with Crippen LogP contribution in [0.25, 0.3) is 0 Å². The van der Waals surface area contributed by atoms with Crippen LogP contribution in [-0.4, -0.2) is 38.4 Å². The minimum absolute atomic E-state index is 0. The Balaban J connectivity index is 0.00000289. The Labute approximate surface area is 101 Å². The van der Waals surface area contributed by atoms with Gasteiger partial charge in [-0.3, -0.25) is 9.59 Å². The summed E-state index contributed by atoms with van der Waals surface area (Å²) in [6.45, 7) is 1.75. The predicted octanol–water partition coefficient (Wildman–Crippen LogP) is -1.71. The zero-order chi connectivity index (χ0) is 13.2. The molecule has 0 radical (unpaired) electrons. The van der Waals surface area contributed by atoms with Crippen molar-refractivity contribution in [2.75, 3.05) is 0 Å². The lowest BCUT2D eigenvalue weighted by Crippen LogP contribution is -2.34. The average Bonchev–Trinajstić information content (AvgIpc) is 2.56. The van der Waals surface area contributed by atoms with Crippen molar-refractivity contribution in [3.05, 3.63) is 21.7 Å². The van der Waals surface area contributed by atoms with Gasteiger partial charge in [-0.25, -0.2) is 4.79 Å². The molecule has 1 rings (SSSR count). The van der Waals surface area contributed by atoms with Crippen molar-refractivity contribution in [1.29, 1.82) is 0 Å². The molecule has 0 saturated heterocycles. The van der Waals surface area contributed by atoms with Gasteiger partial charge in [0, 0.05) is 6.42 Å².